The fourth-order valence-electron chi connectivity index (χ4n) is 5.93. The van der Waals surface area contributed by atoms with Crippen LogP contribution in [0, 0.1) is 0 Å². The summed E-state index contributed by atoms with van der Waals surface area (Å²) in [5.41, 5.74) is 9.80. The van der Waals surface area contributed by atoms with E-state index in [0.29, 0.717) is 5.92 Å². The fraction of sp³-hybridized carbons (Fsp3) is 0.176. The molecule has 4 aromatic carbocycles. The maximum atomic E-state index is 11.6. The lowest BCUT2D eigenvalue weighted by atomic mass is 9.89. The molecular weight excluding hydrogens is 480 g/mol. The normalized spacial score (nSPS) is 14.8. The van der Waals surface area contributed by atoms with Crippen molar-refractivity contribution in [1.29, 1.82) is 0 Å². The van der Waals surface area contributed by atoms with Crippen LogP contribution in [0.1, 0.15) is 29.9 Å². The third-order valence-electron chi connectivity index (χ3n) is 8.04. The van der Waals surface area contributed by atoms with Gasteiger partial charge in [-0.15, -0.1) is 0 Å². The van der Waals surface area contributed by atoms with E-state index >= 15 is 0 Å². The Morgan fingerprint density at radius 1 is 0.744 bits per heavy atom. The van der Waals surface area contributed by atoms with E-state index in [1.165, 1.54) is 16.7 Å². The maximum Gasteiger partial charge on any atom is 0.323 e. The number of nitrogens with zero attached hydrogens (tertiary/aromatic N) is 2. The van der Waals surface area contributed by atoms with Gasteiger partial charge in [0.2, 0.25) is 0 Å². The molecule has 39 heavy (non-hydrogen) atoms. The lowest BCUT2D eigenvalue weighted by Crippen LogP contribution is -2.32. The standard InChI is InChI=1S/C34H30N4O/c39-34-36-31-15-14-27(21-32(31)37-34)24-16-18-38(19-17-24)22-23-10-12-25(13-11-23)29-20-28-8-4-5-9-30(28)35-33(29)26-6-2-1-3-7-26/h1-15,20-21,24H,16-19,22H2,(H2,36,37,39). The lowest BCUT2D eigenvalue weighted by molar-refractivity contribution is 0.204. The zero-order valence-electron chi connectivity index (χ0n) is 21.7. The van der Waals surface area contributed by atoms with Crippen LogP contribution in [-0.2, 0) is 6.54 Å². The Hall–Kier alpha value is -4.48. The number of para-hydroxylation sites is 1. The van der Waals surface area contributed by atoms with Crippen LogP contribution in [-0.4, -0.2) is 32.9 Å². The van der Waals surface area contributed by atoms with Crippen molar-refractivity contribution in [3.8, 4) is 22.4 Å². The van der Waals surface area contributed by atoms with Crippen LogP contribution in [0.2, 0.25) is 0 Å². The largest absolute Gasteiger partial charge is 0.323 e. The highest BCUT2D eigenvalue weighted by Gasteiger charge is 2.21. The zero-order valence-corrected chi connectivity index (χ0v) is 21.7. The molecule has 0 saturated carbocycles. The van der Waals surface area contributed by atoms with E-state index in [-0.39, 0.29) is 5.69 Å². The van der Waals surface area contributed by atoms with Gasteiger partial charge in [0.1, 0.15) is 0 Å². The van der Waals surface area contributed by atoms with Gasteiger partial charge < -0.3 is 9.97 Å². The first kappa shape index (κ1) is 23.6. The molecule has 0 amide bonds. The summed E-state index contributed by atoms with van der Waals surface area (Å²) >= 11 is 0. The van der Waals surface area contributed by atoms with Gasteiger partial charge in [-0.05, 0) is 72.8 Å². The van der Waals surface area contributed by atoms with E-state index in [2.05, 4.69) is 99.8 Å². The van der Waals surface area contributed by atoms with E-state index in [0.717, 1.165) is 71.2 Å². The highest BCUT2D eigenvalue weighted by atomic mass is 16.1. The summed E-state index contributed by atoms with van der Waals surface area (Å²) in [4.78, 5) is 24.9. The lowest BCUT2D eigenvalue weighted by Gasteiger charge is -2.32. The summed E-state index contributed by atoms with van der Waals surface area (Å²) in [7, 11) is 0. The van der Waals surface area contributed by atoms with E-state index in [1.54, 1.807) is 0 Å². The molecule has 0 spiro atoms. The number of pyridine rings is 1. The SMILES string of the molecule is O=c1[nH]c2ccc(C3CCN(Cc4ccc(-c5cc6ccccc6nc5-c5ccccc5)cc4)CC3)cc2[nH]1. The summed E-state index contributed by atoms with van der Waals surface area (Å²) in [6.45, 7) is 3.10. The molecule has 0 atom stereocenters. The van der Waals surface area contributed by atoms with Gasteiger partial charge in [0.05, 0.1) is 22.2 Å². The molecule has 192 valence electrons. The van der Waals surface area contributed by atoms with Gasteiger partial charge in [-0.2, -0.15) is 0 Å². The van der Waals surface area contributed by atoms with Crippen molar-refractivity contribution in [2.75, 3.05) is 13.1 Å². The van der Waals surface area contributed by atoms with Crippen LogP contribution in [0.25, 0.3) is 44.3 Å². The number of fused-ring (bicyclic) bond motifs is 2. The first-order chi connectivity index (χ1) is 19.2. The second kappa shape index (κ2) is 10.0. The molecule has 7 rings (SSSR count). The van der Waals surface area contributed by atoms with Gasteiger partial charge in [0, 0.05) is 23.1 Å². The van der Waals surface area contributed by atoms with E-state index in [1.807, 2.05) is 18.2 Å². The third kappa shape index (κ3) is 4.77. The minimum Gasteiger partial charge on any atom is -0.306 e. The van der Waals surface area contributed by atoms with Crippen LogP contribution in [0.15, 0.2) is 108 Å². The summed E-state index contributed by atoms with van der Waals surface area (Å²) in [6.07, 6.45) is 2.25. The van der Waals surface area contributed by atoms with Crippen molar-refractivity contribution in [3.63, 3.8) is 0 Å². The van der Waals surface area contributed by atoms with E-state index < -0.39 is 0 Å². The molecule has 5 heteroatoms. The molecule has 5 nitrogen and oxygen atoms in total. The summed E-state index contributed by atoms with van der Waals surface area (Å²) in [6, 6.07) is 36.4. The number of aromatic amines is 2. The number of benzene rings is 4. The van der Waals surface area contributed by atoms with Gasteiger partial charge in [-0.3, -0.25) is 4.90 Å². The number of imidazole rings is 1. The Bertz CT molecular complexity index is 1810. The number of hydrogen-bond donors (Lipinski definition) is 2. The van der Waals surface area contributed by atoms with Gasteiger partial charge in [0.25, 0.3) is 0 Å². The molecule has 6 aromatic rings. The number of hydrogen-bond acceptors (Lipinski definition) is 3. The van der Waals surface area contributed by atoms with Crippen LogP contribution in [0.4, 0.5) is 0 Å². The van der Waals surface area contributed by atoms with Crippen LogP contribution < -0.4 is 5.69 Å². The molecule has 2 N–H and O–H groups in total. The smallest absolute Gasteiger partial charge is 0.306 e. The first-order valence-corrected chi connectivity index (χ1v) is 13.7. The Labute approximate surface area is 227 Å². The minimum atomic E-state index is -0.142. The number of nitrogens with one attached hydrogen (secondary N) is 2. The molecule has 0 aliphatic carbocycles. The Kier molecular flexibility index (Phi) is 6.06. The van der Waals surface area contributed by atoms with Crippen molar-refractivity contribution in [3.05, 3.63) is 125 Å². The molecule has 3 heterocycles. The average Bonchev–Trinajstić information content (AvgIpc) is 3.37. The van der Waals surface area contributed by atoms with Gasteiger partial charge in [0.15, 0.2) is 0 Å². The highest BCUT2D eigenvalue weighted by molar-refractivity contribution is 5.91. The predicted molar refractivity (Wildman–Crippen MR) is 159 cm³/mol. The number of likely N-dealkylation sites (tertiary alicyclic amines) is 1. The second-order valence-corrected chi connectivity index (χ2v) is 10.6. The zero-order chi connectivity index (χ0) is 26.2. The van der Waals surface area contributed by atoms with Crippen LogP contribution in [0.3, 0.4) is 0 Å². The number of rotatable bonds is 5. The maximum absolute atomic E-state index is 11.6. The van der Waals surface area contributed by atoms with Crippen LogP contribution in [0.5, 0.6) is 0 Å². The van der Waals surface area contributed by atoms with Crippen molar-refractivity contribution < 1.29 is 0 Å². The third-order valence-corrected chi connectivity index (χ3v) is 8.04. The molecule has 1 saturated heterocycles. The Balaban J connectivity index is 1.08. The van der Waals surface area contributed by atoms with Crippen molar-refractivity contribution >= 4 is 21.9 Å². The van der Waals surface area contributed by atoms with Gasteiger partial charge in [-0.1, -0.05) is 78.9 Å². The molecule has 0 bridgehead atoms. The first-order valence-electron chi connectivity index (χ1n) is 13.7. The average molecular weight is 511 g/mol. The molecule has 1 fully saturated rings. The van der Waals surface area contributed by atoms with Gasteiger partial charge >= 0.3 is 5.69 Å². The number of H-pyrrole nitrogens is 2. The van der Waals surface area contributed by atoms with Crippen molar-refractivity contribution in [1.82, 2.24) is 19.9 Å². The number of aromatic nitrogens is 3. The monoisotopic (exact) mass is 510 g/mol. The molecule has 1 aliphatic rings. The molecule has 1 aliphatic heterocycles. The highest BCUT2D eigenvalue weighted by Crippen LogP contribution is 2.34. The summed E-state index contributed by atoms with van der Waals surface area (Å²) in [5.74, 6) is 0.531. The molecular formula is C34H30N4O. The van der Waals surface area contributed by atoms with Crippen LogP contribution >= 0.6 is 0 Å². The summed E-state index contributed by atoms with van der Waals surface area (Å²) < 4.78 is 0. The molecule has 0 unspecified atom stereocenters. The number of piperidine rings is 1. The minimum absolute atomic E-state index is 0.142. The van der Waals surface area contributed by atoms with E-state index in [9.17, 15) is 4.79 Å². The van der Waals surface area contributed by atoms with Gasteiger partial charge in [-0.25, -0.2) is 9.78 Å². The predicted octanol–water partition coefficient (Wildman–Crippen LogP) is 7.12. The van der Waals surface area contributed by atoms with Crippen molar-refractivity contribution in [2.45, 2.75) is 25.3 Å². The fourth-order valence-corrected chi connectivity index (χ4v) is 5.93. The topological polar surface area (TPSA) is 64.8 Å². The Morgan fingerprint density at radius 2 is 1.49 bits per heavy atom. The molecule has 0 radical (unpaired) electrons. The van der Waals surface area contributed by atoms with Crippen molar-refractivity contribution in [2.24, 2.45) is 0 Å². The molecule has 2 aromatic heterocycles. The quantitative estimate of drug-likeness (QED) is 0.260. The second-order valence-electron chi connectivity index (χ2n) is 10.6. The summed E-state index contributed by atoms with van der Waals surface area (Å²) in [5, 5.41) is 1.15. The Morgan fingerprint density at radius 3 is 2.31 bits per heavy atom. The van der Waals surface area contributed by atoms with E-state index in [4.69, 9.17) is 4.98 Å².